The fraction of sp³-hybridized carbons (Fsp3) is 0.429. The van der Waals surface area contributed by atoms with Gasteiger partial charge in [0.05, 0.1) is 22.3 Å². The molecule has 1 fully saturated rings. The minimum absolute atomic E-state index is 0.372. The van der Waals surface area contributed by atoms with E-state index in [2.05, 4.69) is 4.90 Å². The fourth-order valence-corrected chi connectivity index (χ4v) is 4.44. The maximum absolute atomic E-state index is 13.4. The lowest BCUT2D eigenvalue weighted by atomic mass is 9.81. The number of hydrogen-bond donors (Lipinski definition) is 2. The second-order valence-electron chi connectivity index (χ2n) is 7.68. The summed E-state index contributed by atoms with van der Waals surface area (Å²) in [4.78, 5) is 2.17. The maximum Gasteiger partial charge on any atom is 0.126 e. The Morgan fingerprint density at radius 1 is 1.14 bits per heavy atom. The van der Waals surface area contributed by atoms with Crippen LogP contribution >= 0.6 is 23.2 Å². The minimum Gasteiger partial charge on any atom is -0.487 e. The third-order valence-electron chi connectivity index (χ3n) is 5.75. The molecular formula is C21H22Cl2FNO3. The van der Waals surface area contributed by atoms with Gasteiger partial charge in [-0.1, -0.05) is 29.3 Å². The standard InChI is InChI=1S/C21H22Cl2FNO3/c22-16-3-1-13(9-17(16)23)19(27)12-25-7-5-21(6-8-25)11-18(26)15-10-14(24)2-4-20(15)28-21/h1-4,9-10,18-19,26-27H,5-8,11-12H2/t18-,19-/m0/s1. The Labute approximate surface area is 173 Å². The van der Waals surface area contributed by atoms with Crippen molar-refractivity contribution in [3.8, 4) is 5.75 Å². The van der Waals surface area contributed by atoms with Gasteiger partial charge in [-0.05, 0) is 48.7 Å². The van der Waals surface area contributed by atoms with Crippen LogP contribution in [0.1, 0.15) is 42.6 Å². The van der Waals surface area contributed by atoms with Crippen LogP contribution in [0.4, 0.5) is 4.39 Å². The van der Waals surface area contributed by atoms with Crippen LogP contribution in [0.5, 0.6) is 5.75 Å². The maximum atomic E-state index is 13.4. The van der Waals surface area contributed by atoms with Crippen LogP contribution < -0.4 is 4.74 Å². The second-order valence-corrected chi connectivity index (χ2v) is 8.49. The van der Waals surface area contributed by atoms with E-state index in [-0.39, 0.29) is 5.82 Å². The van der Waals surface area contributed by atoms with Crippen molar-refractivity contribution in [3.05, 3.63) is 63.4 Å². The number of halogens is 3. The Balaban J connectivity index is 1.39. The van der Waals surface area contributed by atoms with E-state index in [1.807, 2.05) is 0 Å². The highest BCUT2D eigenvalue weighted by molar-refractivity contribution is 6.42. The highest BCUT2D eigenvalue weighted by atomic mass is 35.5. The summed E-state index contributed by atoms with van der Waals surface area (Å²) in [7, 11) is 0. The molecule has 150 valence electrons. The van der Waals surface area contributed by atoms with Gasteiger partial charge in [0, 0.05) is 31.6 Å². The molecule has 1 saturated heterocycles. The average molecular weight is 426 g/mol. The lowest BCUT2D eigenvalue weighted by Crippen LogP contribution is -2.51. The van der Waals surface area contributed by atoms with E-state index in [1.165, 1.54) is 12.1 Å². The van der Waals surface area contributed by atoms with Gasteiger partial charge in [0.2, 0.25) is 0 Å². The van der Waals surface area contributed by atoms with Gasteiger partial charge < -0.3 is 19.8 Å². The zero-order valence-corrected chi connectivity index (χ0v) is 16.8. The quantitative estimate of drug-likeness (QED) is 0.758. The molecular weight excluding hydrogens is 404 g/mol. The van der Waals surface area contributed by atoms with E-state index in [1.54, 1.807) is 24.3 Å². The zero-order valence-electron chi connectivity index (χ0n) is 15.2. The summed E-state index contributed by atoms with van der Waals surface area (Å²) in [5.74, 6) is 0.188. The van der Waals surface area contributed by atoms with Gasteiger partial charge in [0.25, 0.3) is 0 Å². The molecule has 4 rings (SSSR count). The van der Waals surface area contributed by atoms with Crippen LogP contribution in [0, 0.1) is 5.82 Å². The highest BCUT2D eigenvalue weighted by Gasteiger charge is 2.43. The van der Waals surface area contributed by atoms with Gasteiger partial charge in [-0.2, -0.15) is 0 Å². The predicted molar refractivity (Wildman–Crippen MR) is 106 cm³/mol. The van der Waals surface area contributed by atoms with Crippen molar-refractivity contribution in [2.24, 2.45) is 0 Å². The van der Waals surface area contributed by atoms with E-state index in [4.69, 9.17) is 27.9 Å². The highest BCUT2D eigenvalue weighted by Crippen LogP contribution is 2.44. The molecule has 2 N–H and O–H groups in total. The van der Waals surface area contributed by atoms with Crippen molar-refractivity contribution in [1.29, 1.82) is 0 Å². The number of nitrogens with zero attached hydrogens (tertiary/aromatic N) is 1. The first-order chi connectivity index (χ1) is 13.3. The molecule has 0 amide bonds. The molecule has 0 bridgehead atoms. The van der Waals surface area contributed by atoms with Crippen molar-refractivity contribution >= 4 is 23.2 Å². The van der Waals surface area contributed by atoms with E-state index in [0.29, 0.717) is 34.3 Å². The Hall–Kier alpha value is -1.37. The summed E-state index contributed by atoms with van der Waals surface area (Å²) in [5.41, 5.74) is 0.799. The largest absolute Gasteiger partial charge is 0.487 e. The average Bonchev–Trinajstić information content (AvgIpc) is 2.67. The van der Waals surface area contributed by atoms with Crippen LogP contribution in [0.25, 0.3) is 0 Å². The topological polar surface area (TPSA) is 52.9 Å². The Bertz CT molecular complexity index is 871. The predicted octanol–water partition coefficient (Wildman–Crippen LogP) is 4.52. The van der Waals surface area contributed by atoms with Crippen molar-refractivity contribution in [2.45, 2.75) is 37.1 Å². The monoisotopic (exact) mass is 425 g/mol. The van der Waals surface area contributed by atoms with E-state index >= 15 is 0 Å². The van der Waals surface area contributed by atoms with Gasteiger partial charge >= 0.3 is 0 Å². The molecule has 4 nitrogen and oxygen atoms in total. The summed E-state index contributed by atoms with van der Waals surface area (Å²) >= 11 is 12.0. The molecule has 2 atom stereocenters. The Kier molecular flexibility index (Phi) is 5.55. The van der Waals surface area contributed by atoms with E-state index < -0.39 is 17.8 Å². The number of fused-ring (bicyclic) bond motifs is 1. The lowest BCUT2D eigenvalue weighted by molar-refractivity contribution is -0.0589. The molecule has 2 aromatic carbocycles. The number of likely N-dealkylation sites (tertiary alicyclic amines) is 1. The van der Waals surface area contributed by atoms with Crippen molar-refractivity contribution in [2.75, 3.05) is 19.6 Å². The van der Waals surface area contributed by atoms with Crippen molar-refractivity contribution < 1.29 is 19.3 Å². The van der Waals surface area contributed by atoms with Gasteiger partial charge in [0.15, 0.2) is 0 Å². The molecule has 1 spiro atoms. The van der Waals surface area contributed by atoms with Crippen LogP contribution in [0.2, 0.25) is 10.0 Å². The molecule has 2 aliphatic heterocycles. The SMILES string of the molecule is O[C@@H](CN1CCC2(CC1)C[C@H](O)c1cc(F)ccc1O2)c1ccc(Cl)c(Cl)c1. The third kappa shape index (κ3) is 4.00. The molecule has 2 aliphatic rings. The number of benzene rings is 2. The summed E-state index contributed by atoms with van der Waals surface area (Å²) in [5, 5.41) is 21.9. The smallest absolute Gasteiger partial charge is 0.126 e. The molecule has 0 saturated carbocycles. The Morgan fingerprint density at radius 2 is 1.89 bits per heavy atom. The first kappa shape index (κ1) is 19.9. The molecule has 2 aromatic rings. The molecule has 0 aromatic heterocycles. The fourth-order valence-electron chi connectivity index (χ4n) is 4.13. The van der Waals surface area contributed by atoms with E-state index in [9.17, 15) is 14.6 Å². The summed E-state index contributed by atoms with van der Waals surface area (Å²) in [6.45, 7) is 1.96. The number of aliphatic hydroxyl groups is 2. The van der Waals surface area contributed by atoms with Crippen LogP contribution in [0.15, 0.2) is 36.4 Å². The second kappa shape index (κ2) is 7.81. The van der Waals surface area contributed by atoms with E-state index in [0.717, 1.165) is 31.5 Å². The Morgan fingerprint density at radius 3 is 2.61 bits per heavy atom. The van der Waals surface area contributed by atoms with Crippen LogP contribution in [-0.4, -0.2) is 40.3 Å². The van der Waals surface area contributed by atoms with Gasteiger partial charge in [-0.25, -0.2) is 4.39 Å². The lowest BCUT2D eigenvalue weighted by Gasteiger charge is -2.46. The minimum atomic E-state index is -0.729. The number of ether oxygens (including phenoxy) is 1. The molecule has 0 unspecified atom stereocenters. The molecule has 0 aliphatic carbocycles. The third-order valence-corrected chi connectivity index (χ3v) is 6.49. The molecule has 7 heteroatoms. The first-order valence-electron chi connectivity index (χ1n) is 9.37. The number of rotatable bonds is 3. The van der Waals surface area contributed by atoms with Gasteiger partial charge in [0.1, 0.15) is 17.2 Å². The molecule has 2 heterocycles. The van der Waals surface area contributed by atoms with Crippen LogP contribution in [-0.2, 0) is 0 Å². The number of aliphatic hydroxyl groups excluding tert-OH is 2. The zero-order chi connectivity index (χ0) is 19.9. The van der Waals surface area contributed by atoms with Crippen molar-refractivity contribution in [1.82, 2.24) is 4.90 Å². The number of β-amino-alcohol motifs (C(OH)–C–C–N with tert-alkyl or cyclic N) is 1. The molecule has 0 radical (unpaired) electrons. The van der Waals surface area contributed by atoms with Crippen molar-refractivity contribution in [3.63, 3.8) is 0 Å². The summed E-state index contributed by atoms with van der Waals surface area (Å²) in [6, 6.07) is 9.45. The first-order valence-corrected chi connectivity index (χ1v) is 10.1. The van der Waals surface area contributed by atoms with Gasteiger partial charge in [-0.15, -0.1) is 0 Å². The summed E-state index contributed by atoms with van der Waals surface area (Å²) in [6.07, 6.45) is 0.523. The normalized spacial score (nSPS) is 22.5. The summed E-state index contributed by atoms with van der Waals surface area (Å²) < 4.78 is 19.7. The van der Waals surface area contributed by atoms with Crippen LogP contribution in [0.3, 0.4) is 0 Å². The number of hydrogen-bond acceptors (Lipinski definition) is 4. The van der Waals surface area contributed by atoms with Gasteiger partial charge in [-0.3, -0.25) is 0 Å². The number of piperidine rings is 1. The molecule has 28 heavy (non-hydrogen) atoms.